The second-order valence-electron chi connectivity index (χ2n) is 6.00. The summed E-state index contributed by atoms with van der Waals surface area (Å²) in [6.45, 7) is 1.32. The number of ether oxygens (including phenoxy) is 1. The minimum absolute atomic E-state index is 0.0284. The largest absolute Gasteiger partial charge is 0.492 e. The van der Waals surface area contributed by atoms with Crippen molar-refractivity contribution in [3.63, 3.8) is 0 Å². The van der Waals surface area contributed by atoms with Crippen LogP contribution >= 0.6 is 23.2 Å². The number of nitrogens with zero attached hydrogens (tertiary/aromatic N) is 2. The van der Waals surface area contributed by atoms with E-state index in [9.17, 15) is 13.6 Å². The van der Waals surface area contributed by atoms with Crippen LogP contribution in [-0.4, -0.2) is 22.9 Å². The van der Waals surface area contributed by atoms with Crippen LogP contribution in [0.4, 0.5) is 14.6 Å². The van der Waals surface area contributed by atoms with E-state index < -0.39 is 17.4 Å². The molecule has 150 valence electrons. The van der Waals surface area contributed by atoms with Crippen molar-refractivity contribution in [3.05, 3.63) is 69.3 Å². The van der Waals surface area contributed by atoms with Crippen molar-refractivity contribution in [2.45, 2.75) is 13.5 Å². The van der Waals surface area contributed by atoms with Gasteiger partial charge in [-0.25, -0.2) is 18.7 Å². The van der Waals surface area contributed by atoms with E-state index in [1.807, 2.05) is 0 Å². The molecule has 1 aromatic heterocycles. The number of halogens is 4. The average molecular weight is 438 g/mol. The lowest BCUT2D eigenvalue weighted by molar-refractivity contribution is 0.101. The Morgan fingerprint density at radius 2 is 1.86 bits per heavy atom. The molecule has 29 heavy (non-hydrogen) atoms. The topological polar surface area (TPSA) is 64.1 Å². The van der Waals surface area contributed by atoms with Crippen LogP contribution in [0.1, 0.15) is 23.0 Å². The lowest BCUT2D eigenvalue weighted by Crippen LogP contribution is -2.10. The minimum atomic E-state index is -0.781. The Kier molecular flexibility index (Phi) is 6.30. The van der Waals surface area contributed by atoms with E-state index in [1.54, 1.807) is 18.2 Å². The van der Waals surface area contributed by atoms with Crippen molar-refractivity contribution < 1.29 is 18.3 Å². The second kappa shape index (κ2) is 8.71. The van der Waals surface area contributed by atoms with Crippen LogP contribution in [0.15, 0.2) is 36.4 Å². The van der Waals surface area contributed by atoms with Crippen molar-refractivity contribution in [1.29, 1.82) is 0 Å². The highest BCUT2D eigenvalue weighted by atomic mass is 35.5. The predicted octanol–water partition coefficient (Wildman–Crippen LogP) is 5.55. The van der Waals surface area contributed by atoms with Crippen molar-refractivity contribution in [3.8, 4) is 17.1 Å². The van der Waals surface area contributed by atoms with Gasteiger partial charge < -0.3 is 10.1 Å². The first-order valence-corrected chi connectivity index (χ1v) is 9.17. The third-order valence-electron chi connectivity index (χ3n) is 4.08. The van der Waals surface area contributed by atoms with Gasteiger partial charge in [-0.15, -0.1) is 0 Å². The summed E-state index contributed by atoms with van der Waals surface area (Å²) in [6.07, 6.45) is 0. The molecule has 0 unspecified atom stereocenters. The molecule has 3 aromatic rings. The Bertz CT molecular complexity index is 1090. The lowest BCUT2D eigenvalue weighted by Gasteiger charge is -2.13. The van der Waals surface area contributed by atoms with E-state index in [1.165, 1.54) is 32.2 Å². The van der Waals surface area contributed by atoms with Gasteiger partial charge in [0.25, 0.3) is 0 Å². The molecule has 0 radical (unpaired) electrons. The first-order chi connectivity index (χ1) is 13.8. The zero-order chi connectivity index (χ0) is 21.1. The Labute approximate surface area is 175 Å². The molecular formula is C20H15Cl2F2N3O2. The van der Waals surface area contributed by atoms with Gasteiger partial charge in [-0.2, -0.15) is 0 Å². The SMILES string of the molecule is COc1c(Cl)ccc(-c2nc(NCc3ccccc3F)c(Cl)c(C(C)=O)n2)c1F. The number of hydrogen-bond donors (Lipinski definition) is 1. The molecule has 0 aliphatic carbocycles. The van der Waals surface area contributed by atoms with Crippen LogP contribution in [0.2, 0.25) is 10.0 Å². The highest BCUT2D eigenvalue weighted by Gasteiger charge is 2.21. The number of aromatic nitrogens is 2. The summed E-state index contributed by atoms with van der Waals surface area (Å²) in [6, 6.07) is 8.96. The molecule has 0 amide bonds. The second-order valence-corrected chi connectivity index (χ2v) is 6.79. The minimum Gasteiger partial charge on any atom is -0.492 e. The molecule has 5 nitrogen and oxygen atoms in total. The van der Waals surface area contributed by atoms with Gasteiger partial charge in [0, 0.05) is 19.0 Å². The molecular weight excluding hydrogens is 423 g/mol. The maximum absolute atomic E-state index is 14.8. The molecule has 0 aliphatic heterocycles. The zero-order valence-electron chi connectivity index (χ0n) is 15.4. The summed E-state index contributed by atoms with van der Waals surface area (Å²) in [5, 5.41) is 2.91. The van der Waals surface area contributed by atoms with Crippen LogP contribution in [0, 0.1) is 11.6 Å². The summed E-state index contributed by atoms with van der Waals surface area (Å²) >= 11 is 12.2. The van der Waals surface area contributed by atoms with E-state index in [0.29, 0.717) is 5.56 Å². The van der Waals surface area contributed by atoms with Crippen LogP contribution in [0.25, 0.3) is 11.4 Å². The lowest BCUT2D eigenvalue weighted by atomic mass is 10.1. The number of ketones is 1. The first-order valence-electron chi connectivity index (χ1n) is 8.41. The van der Waals surface area contributed by atoms with Crippen molar-refractivity contribution in [2.24, 2.45) is 0 Å². The molecule has 3 rings (SSSR count). The fourth-order valence-corrected chi connectivity index (χ4v) is 3.14. The van der Waals surface area contributed by atoms with Gasteiger partial charge in [-0.3, -0.25) is 4.79 Å². The Morgan fingerprint density at radius 3 is 2.52 bits per heavy atom. The molecule has 0 fully saturated rings. The monoisotopic (exact) mass is 437 g/mol. The molecule has 0 aliphatic rings. The molecule has 1 N–H and O–H groups in total. The van der Waals surface area contributed by atoms with Gasteiger partial charge in [0.1, 0.15) is 22.4 Å². The molecule has 0 saturated carbocycles. The highest BCUT2D eigenvalue weighted by molar-refractivity contribution is 6.35. The van der Waals surface area contributed by atoms with E-state index >= 15 is 0 Å². The van der Waals surface area contributed by atoms with Gasteiger partial charge in [-0.05, 0) is 18.2 Å². The van der Waals surface area contributed by atoms with Crippen LogP contribution in [-0.2, 0) is 6.54 Å². The maximum Gasteiger partial charge on any atom is 0.179 e. The van der Waals surface area contributed by atoms with Crippen LogP contribution in [0.3, 0.4) is 0 Å². The van der Waals surface area contributed by atoms with Crippen LogP contribution < -0.4 is 10.1 Å². The van der Waals surface area contributed by atoms with Gasteiger partial charge in [-0.1, -0.05) is 41.4 Å². The Hall–Kier alpha value is -2.77. The zero-order valence-corrected chi connectivity index (χ0v) is 16.9. The normalized spacial score (nSPS) is 10.7. The Morgan fingerprint density at radius 1 is 1.14 bits per heavy atom. The highest BCUT2D eigenvalue weighted by Crippen LogP contribution is 2.35. The van der Waals surface area contributed by atoms with Gasteiger partial charge in [0.2, 0.25) is 0 Å². The Balaban J connectivity index is 2.08. The average Bonchev–Trinajstić information content (AvgIpc) is 2.69. The molecule has 0 saturated heterocycles. The third-order valence-corrected chi connectivity index (χ3v) is 4.74. The molecule has 9 heteroatoms. The van der Waals surface area contributed by atoms with Crippen molar-refractivity contribution in [2.75, 3.05) is 12.4 Å². The number of carbonyl (C=O) groups excluding carboxylic acids is 1. The molecule has 2 aromatic carbocycles. The third kappa shape index (κ3) is 4.31. The number of anilines is 1. The predicted molar refractivity (Wildman–Crippen MR) is 108 cm³/mol. The van der Waals surface area contributed by atoms with E-state index in [4.69, 9.17) is 27.9 Å². The van der Waals surface area contributed by atoms with E-state index in [-0.39, 0.29) is 45.2 Å². The number of Topliss-reactive ketones (excluding diaryl/α,β-unsaturated/α-hetero) is 1. The summed E-state index contributed by atoms with van der Waals surface area (Å²) < 4.78 is 33.7. The van der Waals surface area contributed by atoms with Gasteiger partial charge in [0.05, 0.1) is 17.7 Å². The maximum atomic E-state index is 14.8. The number of nitrogens with one attached hydrogen (secondary N) is 1. The molecule has 1 heterocycles. The van der Waals surface area contributed by atoms with E-state index in [2.05, 4.69) is 15.3 Å². The molecule has 0 bridgehead atoms. The molecule has 0 spiro atoms. The smallest absolute Gasteiger partial charge is 0.179 e. The fraction of sp³-hybridized carbons (Fsp3) is 0.150. The number of hydrogen-bond acceptors (Lipinski definition) is 5. The first kappa shape index (κ1) is 21.0. The van der Waals surface area contributed by atoms with Crippen molar-refractivity contribution in [1.82, 2.24) is 9.97 Å². The number of benzene rings is 2. The summed E-state index contributed by atoms with van der Waals surface area (Å²) in [5.41, 5.74) is 0.243. The van der Waals surface area contributed by atoms with Gasteiger partial charge >= 0.3 is 0 Å². The van der Waals surface area contributed by atoms with Crippen molar-refractivity contribution >= 4 is 34.8 Å². The van der Waals surface area contributed by atoms with E-state index in [0.717, 1.165) is 0 Å². The molecule has 0 atom stereocenters. The fourth-order valence-electron chi connectivity index (χ4n) is 2.63. The summed E-state index contributed by atoms with van der Waals surface area (Å²) in [7, 11) is 1.28. The number of methoxy groups -OCH3 is 1. The number of carbonyl (C=O) groups is 1. The summed E-state index contributed by atoms with van der Waals surface area (Å²) in [4.78, 5) is 20.3. The standard InChI is InChI=1S/C20H15Cl2F2N3O2/c1-10(28)17-15(22)20(25-9-11-5-3-4-6-14(11)23)27-19(26-17)12-7-8-13(21)18(29-2)16(12)24/h3-8H,9H2,1-2H3,(H,25,26,27). The van der Waals surface area contributed by atoms with Gasteiger partial charge in [0.15, 0.2) is 23.2 Å². The quantitative estimate of drug-likeness (QED) is 0.512. The number of rotatable bonds is 6. The van der Waals surface area contributed by atoms with Crippen LogP contribution in [0.5, 0.6) is 5.75 Å². The summed E-state index contributed by atoms with van der Waals surface area (Å²) in [5.74, 6) is -1.83.